The number of pyridine rings is 1. The minimum Gasteiger partial charge on any atom is -0.486 e. The van der Waals surface area contributed by atoms with Crippen LogP contribution in [0, 0.1) is 11.7 Å². The van der Waals surface area contributed by atoms with Crippen LogP contribution in [0.15, 0.2) is 72.4 Å². The summed E-state index contributed by atoms with van der Waals surface area (Å²) in [4.78, 5) is 36.0. The molecule has 7 nitrogen and oxygen atoms in total. The first-order valence-corrected chi connectivity index (χ1v) is 13.9. The first kappa shape index (κ1) is 25.2. The molecule has 3 heterocycles. The van der Waals surface area contributed by atoms with Crippen LogP contribution in [-0.2, 0) is 24.4 Å². The second kappa shape index (κ2) is 10.9. The van der Waals surface area contributed by atoms with Gasteiger partial charge in [0.05, 0.1) is 6.04 Å². The average Bonchev–Trinajstić information content (AvgIpc) is 3.71. The fourth-order valence-corrected chi connectivity index (χ4v) is 5.61. The predicted molar refractivity (Wildman–Crippen MR) is 145 cm³/mol. The van der Waals surface area contributed by atoms with Gasteiger partial charge in [-0.25, -0.2) is 9.37 Å². The number of carbonyl (C=O) groups is 2. The van der Waals surface area contributed by atoms with Gasteiger partial charge in [-0.2, -0.15) is 0 Å². The second-order valence-corrected chi connectivity index (χ2v) is 10.8. The number of thiazole rings is 1. The molecule has 1 aliphatic heterocycles. The van der Waals surface area contributed by atoms with Crippen molar-refractivity contribution in [3.05, 3.63) is 111 Å². The zero-order valence-electron chi connectivity index (χ0n) is 21.2. The van der Waals surface area contributed by atoms with Gasteiger partial charge in [-0.15, -0.1) is 11.3 Å². The lowest BCUT2D eigenvalue weighted by Gasteiger charge is -2.38. The van der Waals surface area contributed by atoms with Gasteiger partial charge >= 0.3 is 0 Å². The number of hydrogen-bond acceptors (Lipinski definition) is 6. The van der Waals surface area contributed by atoms with E-state index >= 15 is 0 Å². The maximum absolute atomic E-state index is 14.2. The average molecular weight is 543 g/mol. The Morgan fingerprint density at radius 3 is 2.74 bits per heavy atom. The number of carbonyl (C=O) groups excluding carboxylic acids is 2. The molecule has 0 saturated heterocycles. The van der Waals surface area contributed by atoms with Gasteiger partial charge in [-0.1, -0.05) is 18.2 Å². The van der Waals surface area contributed by atoms with Gasteiger partial charge in [-0.05, 0) is 77.9 Å². The van der Waals surface area contributed by atoms with E-state index in [1.807, 2.05) is 41.3 Å². The maximum atomic E-state index is 14.2. The van der Waals surface area contributed by atoms with Crippen molar-refractivity contribution in [3.8, 4) is 5.75 Å². The van der Waals surface area contributed by atoms with Crippen LogP contribution >= 0.6 is 11.3 Å². The summed E-state index contributed by atoms with van der Waals surface area (Å²) < 4.78 is 20.3. The third-order valence-electron chi connectivity index (χ3n) is 7.07. The molecule has 1 atom stereocenters. The van der Waals surface area contributed by atoms with Crippen LogP contribution in [0.4, 0.5) is 4.39 Å². The Labute approximate surface area is 229 Å². The number of aromatic nitrogens is 2. The fourth-order valence-electron chi connectivity index (χ4n) is 4.92. The van der Waals surface area contributed by atoms with E-state index in [-0.39, 0.29) is 36.2 Å². The number of nitrogens with zero attached hydrogens (tertiary/aromatic N) is 3. The molecule has 2 amide bonds. The molecule has 4 aromatic rings. The van der Waals surface area contributed by atoms with Gasteiger partial charge in [-0.3, -0.25) is 14.6 Å². The van der Waals surface area contributed by atoms with Crippen molar-refractivity contribution in [2.24, 2.45) is 5.92 Å². The molecule has 0 bridgehead atoms. The van der Waals surface area contributed by atoms with Crippen LogP contribution in [0.1, 0.15) is 56.6 Å². The van der Waals surface area contributed by atoms with Gasteiger partial charge in [0.25, 0.3) is 5.91 Å². The number of benzene rings is 2. The second-order valence-electron chi connectivity index (χ2n) is 9.83. The SMILES string of the molecule is O=C(NCc1ccncc1)c1csc(COc2ccc3c(c2)[C@@H](c2cccc(F)c2)N(C(=O)C2CC2)CC3)n1. The van der Waals surface area contributed by atoms with Gasteiger partial charge in [0, 0.05) is 36.8 Å². The summed E-state index contributed by atoms with van der Waals surface area (Å²) in [6, 6.07) is 15.7. The van der Waals surface area contributed by atoms with Crippen molar-refractivity contribution in [3.63, 3.8) is 0 Å². The van der Waals surface area contributed by atoms with E-state index in [9.17, 15) is 14.0 Å². The number of nitrogens with one attached hydrogen (secondary N) is 1. The molecule has 9 heteroatoms. The van der Waals surface area contributed by atoms with Crippen LogP contribution in [0.2, 0.25) is 0 Å². The summed E-state index contributed by atoms with van der Waals surface area (Å²) in [7, 11) is 0. The molecule has 1 aliphatic carbocycles. The summed E-state index contributed by atoms with van der Waals surface area (Å²) in [5.74, 6) is 0.272. The monoisotopic (exact) mass is 542 g/mol. The molecule has 0 unspecified atom stereocenters. The highest BCUT2D eigenvalue weighted by Crippen LogP contribution is 2.41. The number of amides is 2. The summed E-state index contributed by atoms with van der Waals surface area (Å²) in [5, 5.41) is 5.26. The summed E-state index contributed by atoms with van der Waals surface area (Å²) in [6.45, 7) is 1.21. The summed E-state index contributed by atoms with van der Waals surface area (Å²) in [5.41, 5.74) is 4.13. The molecular weight excluding hydrogens is 515 g/mol. The molecule has 39 heavy (non-hydrogen) atoms. The minimum atomic E-state index is -0.364. The Hall–Kier alpha value is -4.11. The van der Waals surface area contributed by atoms with Crippen LogP contribution in [0.5, 0.6) is 5.75 Å². The van der Waals surface area contributed by atoms with Crippen molar-refractivity contribution in [1.82, 2.24) is 20.2 Å². The molecule has 1 fully saturated rings. The highest BCUT2D eigenvalue weighted by Gasteiger charge is 2.39. The zero-order chi connectivity index (χ0) is 26.8. The summed E-state index contributed by atoms with van der Waals surface area (Å²) >= 11 is 1.36. The third-order valence-corrected chi connectivity index (χ3v) is 7.89. The molecule has 2 aromatic heterocycles. The van der Waals surface area contributed by atoms with E-state index < -0.39 is 0 Å². The Bertz CT molecular complexity index is 1510. The van der Waals surface area contributed by atoms with Crippen molar-refractivity contribution >= 4 is 23.2 Å². The quantitative estimate of drug-likeness (QED) is 0.336. The van der Waals surface area contributed by atoms with Gasteiger partial charge in [0.15, 0.2) is 0 Å². The Kier molecular flexibility index (Phi) is 7.06. The van der Waals surface area contributed by atoms with Crippen molar-refractivity contribution in [1.29, 1.82) is 0 Å². The Morgan fingerprint density at radius 1 is 1.10 bits per heavy atom. The summed E-state index contributed by atoms with van der Waals surface area (Å²) in [6.07, 6.45) is 5.94. The highest BCUT2D eigenvalue weighted by molar-refractivity contribution is 7.09. The standard InChI is InChI=1S/C30H27FN4O3S/c31-23-3-1-2-22(14-23)28-25-15-24(7-6-20(25)10-13-35(28)30(37)21-4-5-21)38-17-27-34-26(18-39-27)29(36)33-16-19-8-11-32-12-9-19/h1-3,6-9,11-12,14-15,18,21,28H,4-5,10,13,16-17H2,(H,33,36)/t28-/m1/s1. The van der Waals surface area contributed by atoms with E-state index in [1.165, 1.54) is 23.5 Å². The largest absolute Gasteiger partial charge is 0.486 e. The lowest BCUT2D eigenvalue weighted by Crippen LogP contribution is -2.41. The van der Waals surface area contributed by atoms with Crippen LogP contribution in [-0.4, -0.2) is 33.2 Å². The number of rotatable bonds is 8. The smallest absolute Gasteiger partial charge is 0.271 e. The number of halogens is 1. The van der Waals surface area contributed by atoms with Crippen molar-refractivity contribution in [2.45, 2.75) is 38.5 Å². The van der Waals surface area contributed by atoms with E-state index in [0.29, 0.717) is 29.5 Å². The lowest BCUT2D eigenvalue weighted by molar-refractivity contribution is -0.134. The van der Waals surface area contributed by atoms with E-state index in [4.69, 9.17) is 4.74 Å². The molecule has 1 saturated carbocycles. The Morgan fingerprint density at radius 2 is 1.95 bits per heavy atom. The van der Waals surface area contributed by atoms with Crippen LogP contribution < -0.4 is 10.1 Å². The molecule has 6 rings (SSSR count). The van der Waals surface area contributed by atoms with E-state index in [1.54, 1.807) is 23.8 Å². The molecule has 0 radical (unpaired) electrons. The van der Waals surface area contributed by atoms with Crippen molar-refractivity contribution in [2.75, 3.05) is 6.54 Å². The molecule has 1 N–H and O–H groups in total. The van der Waals surface area contributed by atoms with Gasteiger partial charge in [0.2, 0.25) is 5.91 Å². The van der Waals surface area contributed by atoms with E-state index in [0.717, 1.165) is 41.5 Å². The highest BCUT2D eigenvalue weighted by atomic mass is 32.1. The minimum absolute atomic E-state index is 0.0723. The number of ether oxygens (including phenoxy) is 1. The number of fused-ring (bicyclic) bond motifs is 1. The lowest BCUT2D eigenvalue weighted by atomic mass is 9.87. The predicted octanol–water partition coefficient (Wildman–Crippen LogP) is 5.07. The van der Waals surface area contributed by atoms with Crippen molar-refractivity contribution < 1.29 is 18.7 Å². The first-order chi connectivity index (χ1) is 19.0. The van der Waals surface area contributed by atoms with Gasteiger partial charge < -0.3 is 15.0 Å². The van der Waals surface area contributed by atoms with Crippen LogP contribution in [0.3, 0.4) is 0 Å². The maximum Gasteiger partial charge on any atom is 0.271 e. The van der Waals surface area contributed by atoms with Crippen LogP contribution in [0.25, 0.3) is 0 Å². The third kappa shape index (κ3) is 5.68. The molecular formula is C30H27FN4O3S. The zero-order valence-corrected chi connectivity index (χ0v) is 22.0. The molecule has 198 valence electrons. The first-order valence-electron chi connectivity index (χ1n) is 13.0. The number of hydrogen-bond donors (Lipinski definition) is 1. The topological polar surface area (TPSA) is 84.4 Å². The molecule has 0 spiro atoms. The molecule has 2 aromatic carbocycles. The molecule has 2 aliphatic rings. The van der Waals surface area contributed by atoms with E-state index in [2.05, 4.69) is 15.3 Å². The normalized spacial score (nSPS) is 16.4. The fraction of sp³-hybridized carbons (Fsp3) is 0.267. The Balaban J connectivity index is 1.17. The van der Waals surface area contributed by atoms with Gasteiger partial charge in [0.1, 0.15) is 28.9 Å².